The normalized spacial score (nSPS) is 13.4. The van der Waals surface area contributed by atoms with Crippen molar-refractivity contribution in [2.45, 2.75) is 45.4 Å². The number of ether oxygens (including phenoxy) is 1. The molecule has 38 heavy (non-hydrogen) atoms. The van der Waals surface area contributed by atoms with E-state index in [9.17, 15) is 27.2 Å². The minimum Gasteiger partial charge on any atom is -0.482 e. The van der Waals surface area contributed by atoms with Crippen molar-refractivity contribution in [1.82, 2.24) is 5.32 Å². The molecule has 1 unspecified atom stereocenters. The van der Waals surface area contributed by atoms with Gasteiger partial charge in [0.25, 0.3) is 10.9 Å². The van der Waals surface area contributed by atoms with Crippen LogP contribution in [0.2, 0.25) is 0 Å². The second-order valence-electron chi connectivity index (χ2n) is 10.00. The lowest BCUT2D eigenvalue weighted by Gasteiger charge is -2.26. The maximum atomic E-state index is 13.9. The van der Waals surface area contributed by atoms with Crippen LogP contribution in [0.4, 0.5) is 28.9 Å². The molecule has 0 saturated heterocycles. The van der Waals surface area contributed by atoms with Gasteiger partial charge in [0.15, 0.2) is 23.2 Å². The van der Waals surface area contributed by atoms with Crippen LogP contribution in [-0.4, -0.2) is 5.60 Å². The van der Waals surface area contributed by atoms with Crippen molar-refractivity contribution in [1.29, 1.82) is 0 Å². The summed E-state index contributed by atoms with van der Waals surface area (Å²) in [5, 5.41) is 6.21. The van der Waals surface area contributed by atoms with Gasteiger partial charge in [0, 0.05) is 11.7 Å². The van der Waals surface area contributed by atoms with Crippen LogP contribution >= 0.6 is 0 Å². The van der Waals surface area contributed by atoms with Crippen LogP contribution in [0.3, 0.4) is 0 Å². The van der Waals surface area contributed by atoms with Gasteiger partial charge in [-0.05, 0) is 80.8 Å². The van der Waals surface area contributed by atoms with Crippen molar-refractivity contribution in [3.8, 4) is 5.75 Å². The van der Waals surface area contributed by atoms with Crippen molar-refractivity contribution >= 4 is 11.4 Å². The van der Waals surface area contributed by atoms with E-state index in [4.69, 9.17) is 4.74 Å². The summed E-state index contributed by atoms with van der Waals surface area (Å²) in [5.74, 6) is -4.65. The van der Waals surface area contributed by atoms with E-state index in [0.717, 1.165) is 12.1 Å². The zero-order chi connectivity index (χ0) is 27.8. The van der Waals surface area contributed by atoms with Crippen LogP contribution in [0.1, 0.15) is 56.5 Å². The smallest absolute Gasteiger partial charge is 0.272 e. The Hall–Kier alpha value is -3.98. The number of anilines is 2. The van der Waals surface area contributed by atoms with Crippen LogP contribution in [0.15, 0.2) is 70.3 Å². The van der Waals surface area contributed by atoms with Crippen molar-refractivity contribution in [3.63, 3.8) is 0 Å². The molecule has 0 aromatic heterocycles. The molecule has 0 aliphatic carbocycles. The van der Waals surface area contributed by atoms with Gasteiger partial charge < -0.3 is 10.1 Å². The quantitative estimate of drug-likeness (QED) is 0.163. The molecule has 0 amide bonds. The Morgan fingerprint density at radius 2 is 1.42 bits per heavy atom. The molecule has 0 spiro atoms. The number of benzene rings is 3. The molecule has 2 N–H and O–H groups in total. The molecule has 0 radical (unpaired) electrons. The summed E-state index contributed by atoms with van der Waals surface area (Å²) in [5.41, 5.74) is -0.0944. The van der Waals surface area contributed by atoms with E-state index >= 15 is 0 Å². The van der Waals surface area contributed by atoms with Gasteiger partial charge in [0.1, 0.15) is 17.1 Å². The molecule has 2 atom stereocenters. The van der Waals surface area contributed by atoms with Crippen LogP contribution in [0.5, 0.6) is 5.75 Å². The first-order valence-corrected chi connectivity index (χ1v) is 11.9. The third-order valence-corrected chi connectivity index (χ3v) is 5.89. The number of hydrogen-bond acceptors (Lipinski definition) is 5. The Bertz CT molecular complexity index is 1510. The van der Waals surface area contributed by atoms with Gasteiger partial charge in [-0.2, -0.15) is 0 Å². The highest BCUT2D eigenvalue weighted by atomic mass is 19.2. The van der Waals surface area contributed by atoms with Crippen LogP contribution in [-0.2, 0) is 0 Å². The van der Waals surface area contributed by atoms with E-state index in [1.165, 1.54) is 12.1 Å². The fourth-order valence-electron chi connectivity index (χ4n) is 4.04. The number of rotatable bonds is 8. The predicted molar refractivity (Wildman–Crippen MR) is 138 cm³/mol. The molecule has 4 rings (SSSR count). The number of nitrogens with one attached hydrogen (secondary N) is 2. The second kappa shape index (κ2) is 10.4. The molecule has 0 saturated carbocycles. The van der Waals surface area contributed by atoms with Gasteiger partial charge >= 0.3 is 0 Å². The molecule has 0 heterocycles. The summed E-state index contributed by atoms with van der Waals surface area (Å²) >= 11 is 0. The van der Waals surface area contributed by atoms with Gasteiger partial charge in [-0.15, -0.1) is 0 Å². The standard InChI is InChI=1S/C29H26F4N2O3/c1-15(18-13-21(31)23(33)22(32)14-18)34-24(16-8-10-19(30)11-9-16)17-6-5-7-20(12-17)35-25-26(36)27(37)28(25)38-29(2,3)4/h5-15,24,34-35H,1-4H3/t15-,24?/m1/s1. The van der Waals surface area contributed by atoms with E-state index in [0.29, 0.717) is 16.8 Å². The first kappa shape index (κ1) is 27.1. The van der Waals surface area contributed by atoms with Crippen LogP contribution < -0.4 is 26.2 Å². The first-order chi connectivity index (χ1) is 17.8. The lowest BCUT2D eigenvalue weighted by Crippen LogP contribution is -2.39. The lowest BCUT2D eigenvalue weighted by molar-refractivity contribution is 0.128. The van der Waals surface area contributed by atoms with Crippen molar-refractivity contribution in [2.24, 2.45) is 0 Å². The first-order valence-electron chi connectivity index (χ1n) is 11.9. The molecule has 5 nitrogen and oxygen atoms in total. The number of hydrogen-bond donors (Lipinski definition) is 2. The molecular formula is C29H26F4N2O3. The molecular weight excluding hydrogens is 500 g/mol. The van der Waals surface area contributed by atoms with Gasteiger partial charge in [0.2, 0.25) is 0 Å². The summed E-state index contributed by atoms with van der Waals surface area (Å²) < 4.78 is 60.5. The summed E-state index contributed by atoms with van der Waals surface area (Å²) in [6.07, 6.45) is 0. The molecule has 0 aliphatic rings. The Balaban J connectivity index is 1.68. The van der Waals surface area contributed by atoms with E-state index in [1.54, 1.807) is 64.1 Å². The Morgan fingerprint density at radius 1 is 0.789 bits per heavy atom. The average Bonchev–Trinajstić information content (AvgIpc) is 2.87. The highest BCUT2D eigenvalue weighted by molar-refractivity contribution is 5.70. The Morgan fingerprint density at radius 3 is 2.03 bits per heavy atom. The van der Waals surface area contributed by atoms with E-state index in [-0.39, 0.29) is 17.0 Å². The summed E-state index contributed by atoms with van der Waals surface area (Å²) in [6.45, 7) is 6.93. The summed E-state index contributed by atoms with van der Waals surface area (Å²) in [6, 6.07) is 13.2. The van der Waals surface area contributed by atoms with E-state index in [2.05, 4.69) is 10.6 Å². The second-order valence-corrected chi connectivity index (χ2v) is 10.00. The van der Waals surface area contributed by atoms with E-state index < -0.39 is 51.8 Å². The molecule has 198 valence electrons. The largest absolute Gasteiger partial charge is 0.482 e. The van der Waals surface area contributed by atoms with Gasteiger partial charge in [-0.25, -0.2) is 17.6 Å². The molecule has 0 bridgehead atoms. The van der Waals surface area contributed by atoms with Crippen LogP contribution in [0.25, 0.3) is 0 Å². The number of halogens is 4. The Kier molecular flexibility index (Phi) is 7.42. The maximum absolute atomic E-state index is 13.9. The molecule has 4 aromatic carbocycles. The lowest BCUT2D eigenvalue weighted by atomic mass is 9.96. The molecule has 0 fully saturated rings. The minimum atomic E-state index is -1.55. The molecule has 4 aromatic rings. The van der Waals surface area contributed by atoms with Crippen molar-refractivity contribution in [3.05, 3.63) is 121 Å². The average molecular weight is 527 g/mol. The van der Waals surface area contributed by atoms with Gasteiger partial charge in [0.05, 0.1) is 6.04 Å². The summed E-state index contributed by atoms with van der Waals surface area (Å²) in [4.78, 5) is 24.3. The van der Waals surface area contributed by atoms with Gasteiger partial charge in [-0.1, -0.05) is 24.3 Å². The van der Waals surface area contributed by atoms with Crippen molar-refractivity contribution in [2.75, 3.05) is 5.32 Å². The zero-order valence-electron chi connectivity index (χ0n) is 21.2. The maximum Gasteiger partial charge on any atom is 0.272 e. The monoisotopic (exact) mass is 526 g/mol. The highest BCUT2D eigenvalue weighted by Crippen LogP contribution is 2.31. The minimum absolute atomic E-state index is 0.0407. The fraction of sp³-hybridized carbons (Fsp3) is 0.241. The topological polar surface area (TPSA) is 67.4 Å². The van der Waals surface area contributed by atoms with Gasteiger partial charge in [-0.3, -0.25) is 14.9 Å². The highest BCUT2D eigenvalue weighted by Gasteiger charge is 2.27. The zero-order valence-corrected chi connectivity index (χ0v) is 21.2. The third-order valence-electron chi connectivity index (χ3n) is 5.89. The fourth-order valence-corrected chi connectivity index (χ4v) is 4.04. The Labute approximate surface area is 216 Å². The van der Waals surface area contributed by atoms with Crippen LogP contribution in [0, 0.1) is 23.3 Å². The third kappa shape index (κ3) is 5.78. The SMILES string of the molecule is C[C@@H](NC(c1ccc(F)cc1)c1cccc(Nc2c(OC(C)(C)C)c(=O)c2=O)c1)c1cc(F)c(F)c(F)c1. The molecule has 9 heteroatoms. The predicted octanol–water partition coefficient (Wildman–Crippen LogP) is 6.20. The molecule has 0 aliphatic heterocycles. The summed E-state index contributed by atoms with van der Waals surface area (Å²) in [7, 11) is 0. The van der Waals surface area contributed by atoms with E-state index in [1.807, 2.05) is 0 Å². The van der Waals surface area contributed by atoms with Crippen molar-refractivity contribution < 1.29 is 22.3 Å².